The van der Waals surface area contributed by atoms with E-state index in [4.69, 9.17) is 10.5 Å². The van der Waals surface area contributed by atoms with Gasteiger partial charge in [-0.05, 0) is 38.1 Å². The highest BCUT2D eigenvalue weighted by Gasteiger charge is 2.33. The zero-order valence-corrected chi connectivity index (χ0v) is 25.4. The van der Waals surface area contributed by atoms with E-state index in [2.05, 4.69) is 14.9 Å². The number of allylic oxidation sites excluding steroid dienone is 1. The molecule has 3 aliphatic rings. The van der Waals surface area contributed by atoms with Crippen LogP contribution in [0, 0.1) is 0 Å². The van der Waals surface area contributed by atoms with Crippen LogP contribution in [-0.2, 0) is 20.7 Å². The maximum atomic E-state index is 12.8. The van der Waals surface area contributed by atoms with Gasteiger partial charge in [0.25, 0.3) is 5.91 Å². The van der Waals surface area contributed by atoms with Crippen molar-refractivity contribution in [1.82, 2.24) is 19.6 Å². The number of nitrogens with zero attached hydrogens (tertiary/aromatic N) is 6. The second-order valence-corrected chi connectivity index (χ2v) is 11.2. The zero-order valence-electron chi connectivity index (χ0n) is 25.4. The van der Waals surface area contributed by atoms with Crippen LogP contribution in [0.3, 0.4) is 0 Å². The molecule has 0 spiro atoms. The largest absolute Gasteiger partial charge is 0.378 e. The van der Waals surface area contributed by atoms with Gasteiger partial charge in [0, 0.05) is 69.6 Å². The molecule has 10 heteroatoms. The number of ether oxygens (including phenoxy) is 1. The summed E-state index contributed by atoms with van der Waals surface area (Å²) in [5, 5.41) is 4.40. The predicted octanol–water partition coefficient (Wildman–Crippen LogP) is 2.72. The molecule has 228 valence electrons. The lowest BCUT2D eigenvalue weighted by Crippen LogP contribution is -2.56. The molecule has 3 aromatic rings. The highest BCUT2D eigenvalue weighted by molar-refractivity contribution is 6.05. The van der Waals surface area contributed by atoms with E-state index >= 15 is 0 Å². The van der Waals surface area contributed by atoms with Gasteiger partial charge in [0.05, 0.1) is 37.2 Å². The third-order valence-electron chi connectivity index (χ3n) is 8.42. The van der Waals surface area contributed by atoms with Crippen LogP contribution in [0.25, 0.3) is 5.69 Å². The van der Waals surface area contributed by atoms with Crippen LogP contribution in [0.5, 0.6) is 0 Å². The number of benzene rings is 2. The van der Waals surface area contributed by atoms with Gasteiger partial charge in [0.2, 0.25) is 5.91 Å². The average molecular weight is 586 g/mol. The SMILES string of the molecule is C/C=C(\CN1CCN(C2COC2)CC1)C(=O)N(C)c1ccccc1.CCN1C(=O)C(N)Cc2cnn(-c3ccccc3)c21. The summed E-state index contributed by atoms with van der Waals surface area (Å²) < 4.78 is 7.09. The molecule has 1 unspecified atom stereocenters. The minimum absolute atomic E-state index is 0.0346. The van der Waals surface area contributed by atoms with Crippen molar-refractivity contribution < 1.29 is 14.3 Å². The lowest BCUT2D eigenvalue weighted by Gasteiger charge is -2.42. The zero-order chi connectivity index (χ0) is 30.3. The molecule has 0 saturated carbocycles. The Morgan fingerprint density at radius 2 is 1.70 bits per heavy atom. The molecule has 0 bridgehead atoms. The van der Waals surface area contributed by atoms with Gasteiger partial charge in [-0.15, -0.1) is 0 Å². The van der Waals surface area contributed by atoms with Crippen molar-refractivity contribution in [2.45, 2.75) is 32.4 Å². The van der Waals surface area contributed by atoms with E-state index in [-0.39, 0.29) is 11.8 Å². The molecule has 2 amide bonds. The summed E-state index contributed by atoms with van der Waals surface area (Å²) in [6.45, 7) is 11.1. The highest BCUT2D eigenvalue weighted by Crippen LogP contribution is 2.29. The van der Waals surface area contributed by atoms with Gasteiger partial charge < -0.3 is 15.4 Å². The van der Waals surface area contributed by atoms with E-state index in [9.17, 15) is 9.59 Å². The Hall–Kier alpha value is -3.83. The third-order valence-corrected chi connectivity index (χ3v) is 8.42. The molecule has 2 aromatic carbocycles. The lowest BCUT2D eigenvalue weighted by atomic mass is 10.0. The van der Waals surface area contributed by atoms with Gasteiger partial charge in [0.1, 0.15) is 5.82 Å². The van der Waals surface area contributed by atoms with Crippen LogP contribution in [0.2, 0.25) is 0 Å². The average Bonchev–Trinajstić information content (AvgIpc) is 3.44. The number of amides is 2. The number of aromatic nitrogens is 2. The van der Waals surface area contributed by atoms with Crippen molar-refractivity contribution in [3.05, 3.63) is 84.1 Å². The number of anilines is 2. The van der Waals surface area contributed by atoms with Crippen LogP contribution >= 0.6 is 0 Å². The van der Waals surface area contributed by atoms with Crippen LogP contribution in [-0.4, -0.2) is 103 Å². The van der Waals surface area contributed by atoms with Crippen molar-refractivity contribution in [3.8, 4) is 5.69 Å². The molecular weight excluding hydrogens is 542 g/mol. The van der Waals surface area contributed by atoms with Gasteiger partial charge in [-0.3, -0.25) is 24.3 Å². The van der Waals surface area contributed by atoms with Crippen molar-refractivity contribution in [2.24, 2.45) is 5.73 Å². The summed E-state index contributed by atoms with van der Waals surface area (Å²) in [6, 6.07) is 19.8. The Bertz CT molecular complexity index is 1400. The molecule has 2 saturated heterocycles. The Labute approximate surface area is 254 Å². The molecule has 1 aromatic heterocycles. The molecule has 3 aliphatic heterocycles. The fraction of sp³-hybridized carbons (Fsp3) is 0.424. The molecule has 1 atom stereocenters. The molecule has 0 radical (unpaired) electrons. The van der Waals surface area contributed by atoms with Crippen molar-refractivity contribution in [3.63, 3.8) is 0 Å². The van der Waals surface area contributed by atoms with Gasteiger partial charge in [-0.2, -0.15) is 5.10 Å². The summed E-state index contributed by atoms with van der Waals surface area (Å²) in [5.74, 6) is 0.895. The molecule has 10 nitrogen and oxygen atoms in total. The van der Waals surface area contributed by atoms with Gasteiger partial charge in [-0.25, -0.2) is 4.68 Å². The fourth-order valence-electron chi connectivity index (χ4n) is 5.73. The normalized spacial score (nSPS) is 19.7. The summed E-state index contributed by atoms with van der Waals surface area (Å²) >= 11 is 0. The van der Waals surface area contributed by atoms with E-state index in [1.807, 2.05) is 92.3 Å². The quantitative estimate of drug-likeness (QED) is 0.426. The number of carbonyl (C=O) groups excluding carboxylic acids is 2. The van der Waals surface area contributed by atoms with E-state index in [1.54, 1.807) is 16.0 Å². The minimum Gasteiger partial charge on any atom is -0.378 e. The molecule has 43 heavy (non-hydrogen) atoms. The topological polar surface area (TPSA) is 100 Å². The number of likely N-dealkylation sites (N-methyl/N-ethyl adjacent to an activating group) is 2. The van der Waals surface area contributed by atoms with Crippen molar-refractivity contribution in [1.29, 1.82) is 0 Å². The van der Waals surface area contributed by atoms with Crippen molar-refractivity contribution >= 4 is 23.3 Å². The van der Waals surface area contributed by atoms with Crippen LogP contribution in [0.1, 0.15) is 19.4 Å². The Morgan fingerprint density at radius 1 is 1.05 bits per heavy atom. The van der Waals surface area contributed by atoms with E-state index in [0.717, 1.165) is 74.3 Å². The maximum Gasteiger partial charge on any atom is 0.254 e. The number of fused-ring (bicyclic) bond motifs is 1. The molecular formula is C33H43N7O3. The summed E-state index contributed by atoms with van der Waals surface area (Å²) in [5.41, 5.74) is 9.64. The standard InChI is InChI=1S/C19H27N3O2.C14H16N4O/c1-3-16(19(23)20(2)17-7-5-4-6-8-17)13-21-9-11-22(12-10-21)18-14-24-15-18;1-2-17-13-10(8-12(15)14(17)19)9-16-18(13)11-6-4-3-5-7-11/h3-8,18H,9-15H2,1-2H3;3-7,9,12H,2,8,15H2,1H3/b16-3+;. The Kier molecular flexibility index (Phi) is 10.0. The summed E-state index contributed by atoms with van der Waals surface area (Å²) in [7, 11) is 1.84. The minimum atomic E-state index is -0.458. The first-order valence-electron chi connectivity index (χ1n) is 15.1. The third kappa shape index (κ3) is 6.88. The number of carbonyl (C=O) groups is 2. The predicted molar refractivity (Wildman–Crippen MR) is 169 cm³/mol. The first-order chi connectivity index (χ1) is 20.9. The second-order valence-electron chi connectivity index (χ2n) is 11.2. The first-order valence-corrected chi connectivity index (χ1v) is 15.1. The number of nitrogens with two attached hydrogens (primary N) is 1. The summed E-state index contributed by atoms with van der Waals surface area (Å²) in [4.78, 5) is 33.3. The fourth-order valence-corrected chi connectivity index (χ4v) is 5.73. The van der Waals surface area contributed by atoms with Crippen LogP contribution in [0.4, 0.5) is 11.5 Å². The monoisotopic (exact) mass is 585 g/mol. The molecule has 0 aliphatic carbocycles. The van der Waals surface area contributed by atoms with E-state index in [1.165, 1.54) is 0 Å². The highest BCUT2D eigenvalue weighted by atomic mass is 16.5. The van der Waals surface area contributed by atoms with Crippen LogP contribution in [0.15, 0.2) is 78.5 Å². The first kappa shape index (κ1) is 30.6. The number of para-hydroxylation sites is 2. The van der Waals surface area contributed by atoms with Gasteiger partial charge >= 0.3 is 0 Å². The molecule has 2 N–H and O–H groups in total. The van der Waals surface area contributed by atoms with Crippen LogP contribution < -0.4 is 15.5 Å². The number of hydrogen-bond acceptors (Lipinski definition) is 7. The Morgan fingerprint density at radius 3 is 2.28 bits per heavy atom. The molecule has 6 rings (SSSR count). The Balaban J connectivity index is 0.000000176. The summed E-state index contributed by atoms with van der Waals surface area (Å²) in [6.07, 6.45) is 4.31. The molecule has 2 fully saturated rings. The van der Waals surface area contributed by atoms with Crippen molar-refractivity contribution in [2.75, 3.05) is 69.3 Å². The number of rotatable bonds is 7. The van der Waals surface area contributed by atoms with Gasteiger partial charge in [0.15, 0.2) is 0 Å². The maximum absolute atomic E-state index is 12.8. The number of piperazine rings is 1. The van der Waals surface area contributed by atoms with E-state index < -0.39 is 6.04 Å². The van der Waals surface area contributed by atoms with E-state index in [0.29, 0.717) is 19.0 Å². The lowest BCUT2D eigenvalue weighted by molar-refractivity contribution is -0.120. The number of hydrogen-bond donors (Lipinski definition) is 1. The molecule has 4 heterocycles. The second kappa shape index (κ2) is 14.1. The van der Waals surface area contributed by atoms with Gasteiger partial charge in [-0.1, -0.05) is 42.5 Å². The smallest absolute Gasteiger partial charge is 0.254 e.